The monoisotopic (exact) mass is 498 g/mol. The summed E-state index contributed by atoms with van der Waals surface area (Å²) in [5, 5.41) is 12.9. The topological polar surface area (TPSA) is 95.2 Å². The lowest BCUT2D eigenvalue weighted by molar-refractivity contribution is -0.135. The molecule has 3 aromatic rings. The van der Waals surface area contributed by atoms with Gasteiger partial charge in [0, 0.05) is 30.4 Å². The maximum atomic E-state index is 14.1. The van der Waals surface area contributed by atoms with E-state index in [1.165, 1.54) is 33.7 Å². The van der Waals surface area contributed by atoms with Crippen molar-refractivity contribution in [3.63, 3.8) is 0 Å². The van der Waals surface area contributed by atoms with Gasteiger partial charge in [-0.1, -0.05) is 44.2 Å². The zero-order valence-corrected chi connectivity index (χ0v) is 20.6. The van der Waals surface area contributed by atoms with Crippen LogP contribution < -0.4 is 10.9 Å². The fourth-order valence-corrected chi connectivity index (χ4v) is 5.56. The van der Waals surface area contributed by atoms with Crippen LogP contribution in [0, 0.1) is 23.1 Å². The Morgan fingerprint density at radius 2 is 1.86 bits per heavy atom. The number of nitrogens with one attached hydrogen (secondary N) is 1. The Kier molecular flexibility index (Phi) is 6.16. The summed E-state index contributed by atoms with van der Waals surface area (Å²) < 4.78 is 14.9. The van der Waals surface area contributed by atoms with Crippen molar-refractivity contribution >= 4 is 17.5 Å². The van der Waals surface area contributed by atoms with Gasteiger partial charge in [0.25, 0.3) is 5.56 Å². The van der Waals surface area contributed by atoms with E-state index in [-0.39, 0.29) is 36.3 Å². The zero-order valence-electron chi connectivity index (χ0n) is 20.6. The van der Waals surface area contributed by atoms with E-state index in [9.17, 15) is 24.0 Å². The van der Waals surface area contributed by atoms with Crippen LogP contribution in [0.25, 0.3) is 11.1 Å². The Hall–Kier alpha value is -4.25. The van der Waals surface area contributed by atoms with Crippen molar-refractivity contribution in [3.05, 3.63) is 88.6 Å². The summed E-state index contributed by atoms with van der Waals surface area (Å²) in [4.78, 5) is 42.3. The number of carbonyl (C=O) groups is 2. The molecule has 37 heavy (non-hydrogen) atoms. The SMILES string of the molecule is CC(C)C[C@@H](C(=O)N1C[C@]2(C[C@H]1C#N)C(=O)Nc1ccccc12)n1cccc(-c2ccc(F)cc2)c1=O. The van der Waals surface area contributed by atoms with Crippen LogP contribution in [0.4, 0.5) is 10.1 Å². The molecule has 8 heteroatoms. The lowest BCUT2D eigenvalue weighted by Gasteiger charge is -2.29. The third-order valence-electron chi connectivity index (χ3n) is 7.36. The summed E-state index contributed by atoms with van der Waals surface area (Å²) in [6, 6.07) is 16.9. The second kappa shape index (κ2) is 9.32. The van der Waals surface area contributed by atoms with Crippen molar-refractivity contribution in [2.24, 2.45) is 5.92 Å². The molecule has 3 heterocycles. The number of nitriles is 1. The number of rotatable bonds is 5. The Balaban J connectivity index is 1.54. The van der Waals surface area contributed by atoms with Gasteiger partial charge in [-0.2, -0.15) is 5.26 Å². The quantitative estimate of drug-likeness (QED) is 0.569. The van der Waals surface area contributed by atoms with Gasteiger partial charge in [0.2, 0.25) is 11.8 Å². The van der Waals surface area contributed by atoms with Crippen molar-refractivity contribution in [1.29, 1.82) is 5.26 Å². The first kappa shape index (κ1) is 24.4. The van der Waals surface area contributed by atoms with E-state index in [2.05, 4.69) is 11.4 Å². The van der Waals surface area contributed by atoms with Gasteiger partial charge < -0.3 is 14.8 Å². The van der Waals surface area contributed by atoms with E-state index >= 15 is 0 Å². The van der Waals surface area contributed by atoms with Gasteiger partial charge in [-0.05, 0) is 53.8 Å². The molecule has 2 amide bonds. The van der Waals surface area contributed by atoms with E-state index in [4.69, 9.17) is 0 Å². The van der Waals surface area contributed by atoms with Gasteiger partial charge in [0.15, 0.2) is 0 Å². The Morgan fingerprint density at radius 1 is 1.14 bits per heavy atom. The largest absolute Gasteiger partial charge is 0.325 e. The highest BCUT2D eigenvalue weighted by Gasteiger charge is 2.56. The molecule has 0 saturated carbocycles. The molecule has 2 aromatic carbocycles. The molecular formula is C29H27FN4O3. The van der Waals surface area contributed by atoms with Crippen molar-refractivity contribution in [2.75, 3.05) is 11.9 Å². The van der Waals surface area contributed by atoms with Crippen LogP contribution in [0.2, 0.25) is 0 Å². The highest BCUT2D eigenvalue weighted by atomic mass is 19.1. The minimum atomic E-state index is -1.00. The predicted octanol–water partition coefficient (Wildman–Crippen LogP) is 4.26. The highest BCUT2D eigenvalue weighted by Crippen LogP contribution is 2.46. The van der Waals surface area contributed by atoms with Crippen molar-refractivity contribution in [2.45, 2.75) is 44.2 Å². The molecule has 0 unspecified atom stereocenters. The van der Waals surface area contributed by atoms with Crippen LogP contribution in [0.15, 0.2) is 71.7 Å². The van der Waals surface area contributed by atoms with Gasteiger partial charge in [-0.25, -0.2) is 4.39 Å². The van der Waals surface area contributed by atoms with Gasteiger partial charge in [0.05, 0.1) is 11.5 Å². The number of hydrogen-bond acceptors (Lipinski definition) is 4. The van der Waals surface area contributed by atoms with E-state index in [0.717, 1.165) is 5.56 Å². The lowest BCUT2D eigenvalue weighted by Crippen LogP contribution is -2.45. The van der Waals surface area contributed by atoms with Crippen LogP contribution in [-0.2, 0) is 15.0 Å². The number of benzene rings is 2. The number of pyridine rings is 1. The fourth-order valence-electron chi connectivity index (χ4n) is 5.56. The first-order valence-electron chi connectivity index (χ1n) is 12.3. The van der Waals surface area contributed by atoms with Gasteiger partial charge >= 0.3 is 0 Å². The van der Waals surface area contributed by atoms with E-state index in [1.807, 2.05) is 38.1 Å². The summed E-state index contributed by atoms with van der Waals surface area (Å²) in [6.45, 7) is 3.99. The first-order chi connectivity index (χ1) is 17.7. The maximum Gasteiger partial charge on any atom is 0.259 e. The lowest BCUT2D eigenvalue weighted by atomic mass is 9.80. The van der Waals surface area contributed by atoms with E-state index in [1.54, 1.807) is 18.3 Å². The Labute approximate surface area is 214 Å². The second-order valence-corrected chi connectivity index (χ2v) is 10.2. The molecule has 1 fully saturated rings. The molecule has 1 saturated heterocycles. The number of likely N-dealkylation sites (tertiary alicyclic amines) is 1. The Bertz CT molecular complexity index is 1470. The molecule has 188 valence electrons. The number of amides is 2. The molecule has 5 rings (SSSR count). The number of nitrogens with zero attached hydrogens (tertiary/aromatic N) is 3. The normalized spacial score (nSPS) is 21.1. The van der Waals surface area contributed by atoms with E-state index in [0.29, 0.717) is 23.2 Å². The molecule has 7 nitrogen and oxygen atoms in total. The molecule has 2 aliphatic heterocycles. The van der Waals surface area contributed by atoms with Crippen LogP contribution in [0.3, 0.4) is 0 Å². The number of carbonyl (C=O) groups excluding carboxylic acids is 2. The van der Waals surface area contributed by atoms with Gasteiger partial charge in [0.1, 0.15) is 17.9 Å². The molecule has 1 spiro atoms. The molecule has 2 aliphatic rings. The smallest absolute Gasteiger partial charge is 0.259 e. The van der Waals surface area contributed by atoms with Crippen LogP contribution >= 0.6 is 0 Å². The number of anilines is 1. The summed E-state index contributed by atoms with van der Waals surface area (Å²) in [6.07, 6.45) is 2.14. The number of aromatic nitrogens is 1. The fraction of sp³-hybridized carbons (Fsp3) is 0.310. The minimum absolute atomic E-state index is 0.0634. The number of halogens is 1. The maximum absolute atomic E-state index is 14.1. The molecule has 3 atom stereocenters. The summed E-state index contributed by atoms with van der Waals surface area (Å²) >= 11 is 0. The first-order valence-corrected chi connectivity index (χ1v) is 12.3. The van der Waals surface area contributed by atoms with Crippen molar-refractivity contribution < 1.29 is 14.0 Å². The van der Waals surface area contributed by atoms with E-state index < -0.39 is 23.3 Å². The molecular weight excluding hydrogens is 471 g/mol. The predicted molar refractivity (Wildman–Crippen MR) is 137 cm³/mol. The zero-order chi connectivity index (χ0) is 26.3. The average Bonchev–Trinajstić information content (AvgIpc) is 3.41. The molecule has 1 N–H and O–H groups in total. The minimum Gasteiger partial charge on any atom is -0.325 e. The van der Waals surface area contributed by atoms with Crippen molar-refractivity contribution in [1.82, 2.24) is 9.47 Å². The van der Waals surface area contributed by atoms with Crippen LogP contribution in [0.1, 0.15) is 38.3 Å². The average molecular weight is 499 g/mol. The van der Waals surface area contributed by atoms with Gasteiger partial charge in [-0.3, -0.25) is 14.4 Å². The van der Waals surface area contributed by atoms with Crippen LogP contribution in [-0.4, -0.2) is 33.9 Å². The molecule has 0 radical (unpaired) electrons. The van der Waals surface area contributed by atoms with Gasteiger partial charge in [-0.15, -0.1) is 0 Å². The standard InChI is InChI=1S/C29H27FN4O3/c1-18(2)14-25(33-13-5-6-22(26(33)35)19-9-11-20(30)12-10-19)27(36)34-17-29(15-21(34)16-31)23-7-3-4-8-24(23)32-28(29)37/h3-13,18,21,25H,14-15,17H2,1-2H3,(H,32,37)/t21-,25-,29-/m0/s1. The van der Waals surface area contributed by atoms with Crippen molar-refractivity contribution in [3.8, 4) is 17.2 Å². The molecule has 0 bridgehead atoms. The number of fused-ring (bicyclic) bond motifs is 2. The summed E-state index contributed by atoms with van der Waals surface area (Å²) in [5.74, 6) is -0.924. The Morgan fingerprint density at radius 3 is 2.57 bits per heavy atom. The number of hydrogen-bond donors (Lipinski definition) is 1. The number of para-hydroxylation sites is 1. The molecule has 1 aromatic heterocycles. The summed E-state index contributed by atoms with van der Waals surface area (Å²) in [5.41, 5.74) is 0.996. The third-order valence-corrected chi connectivity index (χ3v) is 7.36. The van der Waals surface area contributed by atoms with Crippen LogP contribution in [0.5, 0.6) is 0 Å². The summed E-state index contributed by atoms with van der Waals surface area (Å²) in [7, 11) is 0. The molecule has 0 aliphatic carbocycles. The second-order valence-electron chi connectivity index (χ2n) is 10.2. The highest BCUT2D eigenvalue weighted by molar-refractivity contribution is 6.07. The third kappa shape index (κ3) is 4.10.